The molecule has 1 aromatic carbocycles. The minimum atomic E-state index is 0.245. The Balaban J connectivity index is 1.84. The molecule has 4 aromatic rings. The van der Waals surface area contributed by atoms with E-state index in [9.17, 15) is 0 Å². The fourth-order valence-electron chi connectivity index (χ4n) is 2.87. The summed E-state index contributed by atoms with van der Waals surface area (Å²) in [7, 11) is 1.85. The summed E-state index contributed by atoms with van der Waals surface area (Å²) in [5.41, 5.74) is 5.24. The van der Waals surface area contributed by atoms with E-state index in [-0.39, 0.29) is 12.1 Å². The van der Waals surface area contributed by atoms with Crippen molar-refractivity contribution < 1.29 is 0 Å². The summed E-state index contributed by atoms with van der Waals surface area (Å²) < 4.78 is 5.38. The number of hydrogen-bond acceptors (Lipinski definition) is 6. The van der Waals surface area contributed by atoms with Gasteiger partial charge in [-0.25, -0.2) is 9.36 Å². The summed E-state index contributed by atoms with van der Waals surface area (Å²) >= 11 is 0. The van der Waals surface area contributed by atoms with Gasteiger partial charge >= 0.3 is 0 Å². The first-order valence-electron chi connectivity index (χ1n) is 9.27. The van der Waals surface area contributed by atoms with Gasteiger partial charge in [0.2, 0.25) is 0 Å². The van der Waals surface area contributed by atoms with Crippen LogP contribution in [0.15, 0.2) is 36.8 Å². The molecule has 9 heteroatoms. The maximum Gasteiger partial charge on any atom is 0.113 e. The van der Waals surface area contributed by atoms with Crippen molar-refractivity contribution in [3.05, 3.63) is 36.8 Å². The zero-order chi connectivity index (χ0) is 19.8. The standard InChI is InChI=1S/C19H23N9/c1-12(2)27-10-18(21-24-27)15-6-14(17-9-26(5)23-20-17)7-16(8-15)19-11-28(13(3)4)25-22-19/h6-13H,1-5H3. The maximum absolute atomic E-state index is 4.35. The molecular weight excluding hydrogens is 354 g/mol. The average Bonchev–Trinajstić information content (AvgIpc) is 3.41. The van der Waals surface area contributed by atoms with Gasteiger partial charge in [0.1, 0.15) is 17.1 Å². The molecule has 0 saturated carbocycles. The minimum Gasteiger partial charge on any atom is -0.255 e. The lowest BCUT2D eigenvalue weighted by Crippen LogP contribution is -2.00. The molecule has 0 amide bonds. The fourth-order valence-corrected chi connectivity index (χ4v) is 2.87. The molecule has 0 fully saturated rings. The van der Waals surface area contributed by atoms with Gasteiger partial charge in [0.05, 0.1) is 18.6 Å². The second-order valence-corrected chi connectivity index (χ2v) is 7.43. The molecule has 144 valence electrons. The van der Waals surface area contributed by atoms with E-state index in [0.717, 1.165) is 33.8 Å². The van der Waals surface area contributed by atoms with Crippen LogP contribution in [-0.4, -0.2) is 45.0 Å². The Morgan fingerprint density at radius 3 is 1.32 bits per heavy atom. The highest BCUT2D eigenvalue weighted by molar-refractivity contribution is 5.77. The van der Waals surface area contributed by atoms with Crippen LogP contribution in [0, 0.1) is 0 Å². The van der Waals surface area contributed by atoms with Crippen molar-refractivity contribution in [2.45, 2.75) is 39.8 Å². The third kappa shape index (κ3) is 3.42. The largest absolute Gasteiger partial charge is 0.255 e. The molecule has 0 aliphatic carbocycles. The fraction of sp³-hybridized carbons (Fsp3) is 0.368. The van der Waals surface area contributed by atoms with Crippen molar-refractivity contribution in [2.24, 2.45) is 7.05 Å². The number of benzene rings is 1. The molecule has 0 saturated heterocycles. The smallest absolute Gasteiger partial charge is 0.113 e. The molecular formula is C19H23N9. The van der Waals surface area contributed by atoms with E-state index in [1.54, 1.807) is 4.68 Å². The number of nitrogens with zero attached hydrogens (tertiary/aromatic N) is 9. The van der Waals surface area contributed by atoms with Crippen LogP contribution >= 0.6 is 0 Å². The van der Waals surface area contributed by atoms with E-state index < -0.39 is 0 Å². The number of aryl methyl sites for hydroxylation is 1. The third-order valence-corrected chi connectivity index (χ3v) is 4.50. The highest BCUT2D eigenvalue weighted by atomic mass is 15.4. The molecule has 0 spiro atoms. The van der Waals surface area contributed by atoms with Crippen LogP contribution in [0.2, 0.25) is 0 Å². The summed E-state index contributed by atoms with van der Waals surface area (Å²) in [6.45, 7) is 8.29. The topological polar surface area (TPSA) is 92.1 Å². The number of rotatable bonds is 5. The van der Waals surface area contributed by atoms with Crippen LogP contribution in [0.25, 0.3) is 33.8 Å². The van der Waals surface area contributed by atoms with E-state index >= 15 is 0 Å². The molecule has 3 heterocycles. The maximum atomic E-state index is 4.35. The first kappa shape index (κ1) is 18.0. The molecule has 0 aliphatic rings. The van der Waals surface area contributed by atoms with Crippen LogP contribution in [0.1, 0.15) is 39.8 Å². The van der Waals surface area contributed by atoms with E-state index in [4.69, 9.17) is 0 Å². The predicted molar refractivity (Wildman–Crippen MR) is 105 cm³/mol. The second-order valence-electron chi connectivity index (χ2n) is 7.43. The molecule has 0 bridgehead atoms. The second kappa shape index (κ2) is 6.99. The van der Waals surface area contributed by atoms with Crippen LogP contribution in [-0.2, 0) is 7.05 Å². The molecule has 0 N–H and O–H groups in total. The summed E-state index contributed by atoms with van der Waals surface area (Å²) in [6, 6.07) is 6.65. The SMILES string of the molecule is CC(C)n1cc(-c2cc(-c3cn(C)nn3)cc(-c3cn(C(C)C)nn3)c2)nn1. The Bertz CT molecular complexity index is 1040. The van der Waals surface area contributed by atoms with Crippen molar-refractivity contribution in [2.75, 3.05) is 0 Å². The minimum absolute atomic E-state index is 0.245. The van der Waals surface area contributed by atoms with Gasteiger partial charge < -0.3 is 0 Å². The lowest BCUT2D eigenvalue weighted by molar-refractivity contribution is 0.514. The number of hydrogen-bond donors (Lipinski definition) is 0. The molecule has 0 unspecified atom stereocenters. The lowest BCUT2D eigenvalue weighted by atomic mass is 10.0. The van der Waals surface area contributed by atoms with Crippen LogP contribution < -0.4 is 0 Å². The van der Waals surface area contributed by atoms with Crippen molar-refractivity contribution in [1.29, 1.82) is 0 Å². The van der Waals surface area contributed by atoms with E-state index in [1.165, 1.54) is 0 Å². The third-order valence-electron chi connectivity index (χ3n) is 4.50. The molecule has 0 aliphatic heterocycles. The zero-order valence-corrected chi connectivity index (χ0v) is 16.6. The zero-order valence-electron chi connectivity index (χ0n) is 16.6. The van der Waals surface area contributed by atoms with Crippen molar-refractivity contribution in [3.8, 4) is 33.8 Å². The predicted octanol–water partition coefficient (Wildman–Crippen LogP) is 3.16. The van der Waals surface area contributed by atoms with Crippen molar-refractivity contribution in [1.82, 2.24) is 45.0 Å². The Kier molecular flexibility index (Phi) is 4.50. The Morgan fingerprint density at radius 2 is 1.00 bits per heavy atom. The highest BCUT2D eigenvalue weighted by Crippen LogP contribution is 2.31. The van der Waals surface area contributed by atoms with Gasteiger partial charge in [0.25, 0.3) is 0 Å². The van der Waals surface area contributed by atoms with Crippen LogP contribution in [0.4, 0.5) is 0 Å². The molecule has 4 rings (SSSR count). The van der Waals surface area contributed by atoms with Crippen LogP contribution in [0.5, 0.6) is 0 Å². The summed E-state index contributed by atoms with van der Waals surface area (Å²) in [6.07, 6.45) is 5.79. The van der Waals surface area contributed by atoms with E-state index in [2.05, 4.69) is 76.8 Å². The first-order chi connectivity index (χ1) is 13.4. The van der Waals surface area contributed by atoms with Gasteiger partial charge in [-0.15, -0.1) is 15.3 Å². The molecule has 3 aromatic heterocycles. The monoisotopic (exact) mass is 377 g/mol. The van der Waals surface area contributed by atoms with Crippen LogP contribution in [0.3, 0.4) is 0 Å². The van der Waals surface area contributed by atoms with E-state index in [0.29, 0.717) is 0 Å². The Labute approximate surface area is 163 Å². The van der Waals surface area contributed by atoms with Gasteiger partial charge in [-0.3, -0.25) is 4.68 Å². The van der Waals surface area contributed by atoms with Gasteiger partial charge in [-0.1, -0.05) is 15.6 Å². The molecule has 9 nitrogen and oxygen atoms in total. The quantitative estimate of drug-likeness (QED) is 0.530. The first-order valence-corrected chi connectivity index (χ1v) is 9.27. The van der Waals surface area contributed by atoms with Gasteiger partial charge in [-0.05, 0) is 45.9 Å². The molecule has 0 radical (unpaired) electrons. The van der Waals surface area contributed by atoms with Gasteiger partial charge in [0, 0.05) is 35.8 Å². The Morgan fingerprint density at radius 1 is 0.607 bits per heavy atom. The van der Waals surface area contributed by atoms with Crippen molar-refractivity contribution >= 4 is 0 Å². The lowest BCUT2D eigenvalue weighted by Gasteiger charge is -2.06. The normalized spacial score (nSPS) is 11.7. The average molecular weight is 377 g/mol. The molecule has 0 atom stereocenters. The highest BCUT2D eigenvalue weighted by Gasteiger charge is 2.14. The Hall–Kier alpha value is -3.36. The summed E-state index contributed by atoms with van der Waals surface area (Å²) in [4.78, 5) is 0. The van der Waals surface area contributed by atoms with Gasteiger partial charge in [-0.2, -0.15) is 0 Å². The molecule has 28 heavy (non-hydrogen) atoms. The van der Waals surface area contributed by atoms with Crippen molar-refractivity contribution in [3.63, 3.8) is 0 Å². The van der Waals surface area contributed by atoms with E-state index in [1.807, 2.05) is 35.0 Å². The summed E-state index contributed by atoms with van der Waals surface area (Å²) in [5.74, 6) is 0. The number of aromatic nitrogens is 9. The summed E-state index contributed by atoms with van der Waals surface area (Å²) in [5, 5.41) is 25.5. The van der Waals surface area contributed by atoms with Gasteiger partial charge in [0.15, 0.2) is 0 Å².